The summed E-state index contributed by atoms with van der Waals surface area (Å²) in [6, 6.07) is 25.4. The molecule has 0 atom stereocenters. The maximum atomic E-state index is 13.0. The van der Waals surface area contributed by atoms with Gasteiger partial charge in [-0.15, -0.1) is 0 Å². The molecule has 5 rings (SSSR count). The number of hydrogen-bond donors (Lipinski definition) is 1. The van der Waals surface area contributed by atoms with Crippen LogP contribution in [-0.2, 0) is 23.0 Å². The van der Waals surface area contributed by atoms with E-state index in [1.54, 1.807) is 53.4 Å². The molecule has 0 bridgehead atoms. The lowest BCUT2D eigenvalue weighted by Crippen LogP contribution is -2.35. The summed E-state index contributed by atoms with van der Waals surface area (Å²) in [4.78, 5) is 14.5. The van der Waals surface area contributed by atoms with E-state index in [-0.39, 0.29) is 10.8 Å². The van der Waals surface area contributed by atoms with Crippen LogP contribution in [0.1, 0.15) is 21.7 Å². The van der Waals surface area contributed by atoms with Crippen LogP contribution in [0.2, 0.25) is 0 Å². The highest BCUT2D eigenvalue weighted by atomic mass is 32.2. The second-order valence-corrected chi connectivity index (χ2v) is 9.62. The Balaban J connectivity index is 1.33. The summed E-state index contributed by atoms with van der Waals surface area (Å²) in [5.74, 6) is 0.129. The maximum Gasteiger partial charge on any atom is 0.289 e. The molecule has 6 nitrogen and oxygen atoms in total. The van der Waals surface area contributed by atoms with Crippen molar-refractivity contribution >= 4 is 21.6 Å². The molecule has 1 aromatic heterocycles. The first-order chi connectivity index (χ1) is 16.0. The molecule has 7 heteroatoms. The number of rotatable bonds is 5. The van der Waals surface area contributed by atoms with Gasteiger partial charge in [0.15, 0.2) is 5.76 Å². The van der Waals surface area contributed by atoms with E-state index < -0.39 is 10.0 Å². The van der Waals surface area contributed by atoms with Crippen LogP contribution < -0.4 is 4.72 Å². The monoisotopic (exact) mass is 458 g/mol. The van der Waals surface area contributed by atoms with Crippen molar-refractivity contribution in [1.82, 2.24) is 4.90 Å². The van der Waals surface area contributed by atoms with E-state index >= 15 is 0 Å². The van der Waals surface area contributed by atoms with Crippen molar-refractivity contribution in [2.45, 2.75) is 17.9 Å². The van der Waals surface area contributed by atoms with Gasteiger partial charge in [0.2, 0.25) is 0 Å². The Labute approximate surface area is 192 Å². The number of sulfonamides is 1. The van der Waals surface area contributed by atoms with Gasteiger partial charge in [-0.2, -0.15) is 0 Å². The van der Waals surface area contributed by atoms with Gasteiger partial charge in [-0.3, -0.25) is 9.52 Å². The van der Waals surface area contributed by atoms with Crippen molar-refractivity contribution in [2.75, 3.05) is 11.3 Å². The fraction of sp³-hybridized carbons (Fsp3) is 0.115. The summed E-state index contributed by atoms with van der Waals surface area (Å²) >= 11 is 0. The van der Waals surface area contributed by atoms with E-state index in [1.165, 1.54) is 6.26 Å². The molecule has 0 saturated heterocycles. The normalized spacial score (nSPS) is 13.4. The van der Waals surface area contributed by atoms with Gasteiger partial charge < -0.3 is 9.32 Å². The van der Waals surface area contributed by atoms with Crippen molar-refractivity contribution < 1.29 is 17.6 Å². The number of furan rings is 1. The van der Waals surface area contributed by atoms with Gasteiger partial charge in [-0.05, 0) is 65.1 Å². The largest absolute Gasteiger partial charge is 0.459 e. The highest BCUT2D eigenvalue weighted by molar-refractivity contribution is 7.92. The summed E-state index contributed by atoms with van der Waals surface area (Å²) in [6.07, 6.45) is 2.18. The Hall–Kier alpha value is -3.84. The molecule has 0 saturated carbocycles. The lowest BCUT2D eigenvalue weighted by atomic mass is 9.99. The van der Waals surface area contributed by atoms with E-state index in [2.05, 4.69) is 4.72 Å². The number of nitrogens with zero attached hydrogens (tertiary/aromatic N) is 1. The minimum atomic E-state index is -3.75. The number of fused-ring (bicyclic) bond motifs is 1. The van der Waals surface area contributed by atoms with Gasteiger partial charge >= 0.3 is 0 Å². The zero-order valence-corrected chi connectivity index (χ0v) is 18.6. The van der Waals surface area contributed by atoms with E-state index in [4.69, 9.17) is 4.42 Å². The highest BCUT2D eigenvalue weighted by Gasteiger charge is 2.24. The van der Waals surface area contributed by atoms with Crippen molar-refractivity contribution in [3.8, 4) is 11.1 Å². The second kappa shape index (κ2) is 8.60. The molecular weight excluding hydrogens is 436 g/mol. The average Bonchev–Trinajstić information content (AvgIpc) is 3.39. The molecule has 1 aliphatic heterocycles. The second-order valence-electron chi connectivity index (χ2n) is 7.93. The standard InChI is InChI=1S/C26H22N2O4S/c29-26(25-7-4-16-32-25)28-15-14-21-8-11-23(17-22(21)18-28)27-33(30,31)24-12-9-20(10-13-24)19-5-2-1-3-6-19/h1-13,16-17,27H,14-15,18H2. The number of nitrogens with one attached hydrogen (secondary N) is 1. The van der Waals surface area contributed by atoms with Crippen LogP contribution in [0.3, 0.4) is 0 Å². The molecule has 3 aromatic carbocycles. The molecule has 0 aliphatic carbocycles. The summed E-state index contributed by atoms with van der Waals surface area (Å²) in [5.41, 5.74) is 4.46. The van der Waals surface area contributed by atoms with Crippen LogP contribution in [0.5, 0.6) is 0 Å². The molecule has 1 aliphatic rings. The molecule has 1 N–H and O–H groups in total. The Kier molecular flexibility index (Phi) is 5.48. The third kappa shape index (κ3) is 4.40. The van der Waals surface area contributed by atoms with Gasteiger partial charge in [0, 0.05) is 18.8 Å². The first-order valence-corrected chi connectivity index (χ1v) is 12.1. The topological polar surface area (TPSA) is 79.6 Å². The zero-order chi connectivity index (χ0) is 22.8. The number of benzene rings is 3. The number of amides is 1. The molecule has 2 heterocycles. The Morgan fingerprint density at radius 3 is 2.33 bits per heavy atom. The third-order valence-electron chi connectivity index (χ3n) is 5.76. The molecule has 4 aromatic rings. The van der Waals surface area contributed by atoms with Gasteiger partial charge in [-0.25, -0.2) is 8.42 Å². The number of carbonyl (C=O) groups is 1. The first kappa shape index (κ1) is 21.0. The number of hydrogen-bond acceptors (Lipinski definition) is 4. The molecule has 166 valence electrons. The lowest BCUT2D eigenvalue weighted by Gasteiger charge is -2.28. The smallest absolute Gasteiger partial charge is 0.289 e. The quantitative estimate of drug-likeness (QED) is 0.459. The molecule has 0 spiro atoms. The average molecular weight is 459 g/mol. The summed E-state index contributed by atoms with van der Waals surface area (Å²) < 4.78 is 33.8. The summed E-state index contributed by atoms with van der Waals surface area (Å²) in [5, 5.41) is 0. The Bertz CT molecular complexity index is 1380. The van der Waals surface area contributed by atoms with Gasteiger partial charge in [-0.1, -0.05) is 48.5 Å². The number of anilines is 1. The van der Waals surface area contributed by atoms with Crippen LogP contribution in [-0.4, -0.2) is 25.8 Å². The van der Waals surface area contributed by atoms with Crippen molar-refractivity contribution in [3.63, 3.8) is 0 Å². The molecule has 0 fully saturated rings. The molecular formula is C26H22N2O4S. The minimum absolute atomic E-state index is 0.171. The predicted molar refractivity (Wildman–Crippen MR) is 126 cm³/mol. The Morgan fingerprint density at radius 1 is 0.848 bits per heavy atom. The fourth-order valence-electron chi connectivity index (χ4n) is 4.02. The fourth-order valence-corrected chi connectivity index (χ4v) is 5.07. The van der Waals surface area contributed by atoms with E-state index in [0.29, 0.717) is 31.0 Å². The van der Waals surface area contributed by atoms with Gasteiger partial charge in [0.05, 0.1) is 11.2 Å². The van der Waals surface area contributed by atoms with Crippen molar-refractivity contribution in [1.29, 1.82) is 0 Å². The maximum absolute atomic E-state index is 13.0. The van der Waals surface area contributed by atoms with Crippen molar-refractivity contribution in [2.24, 2.45) is 0 Å². The SMILES string of the molecule is O=C(c1ccco1)N1CCc2ccc(NS(=O)(=O)c3ccc(-c4ccccc4)cc3)cc2C1. The molecule has 0 unspecified atom stereocenters. The van der Waals surface area contributed by atoms with Gasteiger partial charge in [0.25, 0.3) is 15.9 Å². The summed E-state index contributed by atoms with van der Waals surface area (Å²) in [7, 11) is -3.75. The molecule has 33 heavy (non-hydrogen) atoms. The number of carbonyl (C=O) groups excluding carboxylic acids is 1. The van der Waals surface area contributed by atoms with Crippen LogP contribution in [0.4, 0.5) is 5.69 Å². The Morgan fingerprint density at radius 2 is 1.61 bits per heavy atom. The molecule has 0 radical (unpaired) electrons. The van der Waals surface area contributed by atoms with E-state index in [9.17, 15) is 13.2 Å². The zero-order valence-electron chi connectivity index (χ0n) is 17.8. The summed E-state index contributed by atoms with van der Waals surface area (Å²) in [6.45, 7) is 0.988. The van der Waals surface area contributed by atoms with Crippen LogP contribution in [0.15, 0.2) is 101 Å². The van der Waals surface area contributed by atoms with Crippen LogP contribution >= 0.6 is 0 Å². The minimum Gasteiger partial charge on any atom is -0.459 e. The highest BCUT2D eigenvalue weighted by Crippen LogP contribution is 2.26. The molecule has 1 amide bonds. The van der Waals surface area contributed by atoms with E-state index in [1.807, 2.05) is 36.4 Å². The van der Waals surface area contributed by atoms with Crippen LogP contribution in [0.25, 0.3) is 11.1 Å². The van der Waals surface area contributed by atoms with Crippen LogP contribution in [0, 0.1) is 0 Å². The predicted octanol–water partition coefficient (Wildman–Crippen LogP) is 4.95. The van der Waals surface area contributed by atoms with Crippen molar-refractivity contribution in [3.05, 3.63) is 108 Å². The third-order valence-corrected chi connectivity index (χ3v) is 7.16. The van der Waals surface area contributed by atoms with Gasteiger partial charge in [0.1, 0.15) is 0 Å². The lowest BCUT2D eigenvalue weighted by molar-refractivity contribution is 0.0702. The first-order valence-electron chi connectivity index (χ1n) is 10.6. The van der Waals surface area contributed by atoms with E-state index in [0.717, 1.165) is 22.3 Å².